The second-order valence-corrected chi connectivity index (χ2v) is 6.38. The van der Waals surface area contributed by atoms with Gasteiger partial charge in [0.25, 0.3) is 0 Å². The van der Waals surface area contributed by atoms with Crippen molar-refractivity contribution >= 4 is 27.5 Å². The minimum absolute atomic E-state index is 0.816. The number of unbranched alkanes of at least 4 members (excludes halogenated alkanes) is 1. The Bertz CT molecular complexity index is 718. The Kier molecular flexibility index (Phi) is 7.21. The van der Waals surface area contributed by atoms with E-state index in [0.29, 0.717) is 0 Å². The number of halogens is 1. The minimum Gasteiger partial charge on any atom is -0.405 e. The number of allylic oxidation sites excluding steroid dienone is 1. The fraction of sp³-hybridized carbons (Fsp3) is 0.333. The van der Waals surface area contributed by atoms with Crippen LogP contribution in [0.3, 0.4) is 0 Å². The fourth-order valence-electron chi connectivity index (χ4n) is 2.45. The molecule has 128 valence electrons. The summed E-state index contributed by atoms with van der Waals surface area (Å²) in [5.74, 6) is 0.816. The summed E-state index contributed by atoms with van der Waals surface area (Å²) >= 11 is 3.55. The third-order valence-electron chi connectivity index (χ3n) is 3.72. The summed E-state index contributed by atoms with van der Waals surface area (Å²) in [6.45, 7) is 3.91. The summed E-state index contributed by atoms with van der Waals surface area (Å²) in [5.41, 5.74) is 8.68. The van der Waals surface area contributed by atoms with E-state index in [0.717, 1.165) is 53.1 Å². The zero-order valence-corrected chi connectivity index (χ0v) is 15.8. The van der Waals surface area contributed by atoms with Gasteiger partial charge in [-0.1, -0.05) is 24.3 Å². The molecule has 0 amide bonds. The smallest absolute Gasteiger partial charge is 0.165 e. The normalized spacial score (nSPS) is 12.2. The molecule has 24 heavy (non-hydrogen) atoms. The maximum atomic E-state index is 5.63. The van der Waals surface area contributed by atoms with Crippen molar-refractivity contribution in [2.24, 2.45) is 10.7 Å². The van der Waals surface area contributed by atoms with Crippen LogP contribution >= 0.6 is 15.9 Å². The van der Waals surface area contributed by atoms with E-state index in [1.165, 1.54) is 6.20 Å². The van der Waals surface area contributed by atoms with E-state index >= 15 is 0 Å². The van der Waals surface area contributed by atoms with Gasteiger partial charge in [0.2, 0.25) is 0 Å². The van der Waals surface area contributed by atoms with Gasteiger partial charge in [-0.3, -0.25) is 0 Å². The number of benzene rings is 1. The van der Waals surface area contributed by atoms with Crippen LogP contribution in [0.2, 0.25) is 0 Å². The largest absolute Gasteiger partial charge is 0.405 e. The predicted octanol–water partition coefficient (Wildman–Crippen LogP) is 3.55. The van der Waals surface area contributed by atoms with E-state index in [9.17, 15) is 0 Å². The lowest BCUT2D eigenvalue weighted by Gasteiger charge is -2.08. The average molecular weight is 390 g/mol. The Morgan fingerprint density at radius 2 is 2.17 bits per heavy atom. The fourth-order valence-corrected chi connectivity index (χ4v) is 2.83. The molecular formula is C18H24BrN5. The van der Waals surface area contributed by atoms with E-state index in [2.05, 4.69) is 45.4 Å². The first-order valence-electron chi connectivity index (χ1n) is 8.06. The van der Waals surface area contributed by atoms with Crippen molar-refractivity contribution in [2.75, 3.05) is 13.6 Å². The van der Waals surface area contributed by atoms with Crippen molar-refractivity contribution < 1.29 is 0 Å². The van der Waals surface area contributed by atoms with E-state index in [1.807, 2.05) is 29.9 Å². The molecule has 0 spiro atoms. The van der Waals surface area contributed by atoms with E-state index in [4.69, 9.17) is 10.7 Å². The van der Waals surface area contributed by atoms with Crippen molar-refractivity contribution in [2.45, 2.75) is 26.3 Å². The first-order chi connectivity index (χ1) is 11.7. The Balaban J connectivity index is 2.33. The molecule has 0 atom stereocenters. The zero-order chi connectivity index (χ0) is 17.4. The maximum absolute atomic E-state index is 5.63. The van der Waals surface area contributed by atoms with Crippen LogP contribution in [-0.4, -0.2) is 29.1 Å². The molecular weight excluding hydrogens is 366 g/mol. The molecule has 0 radical (unpaired) electrons. The lowest BCUT2D eigenvalue weighted by atomic mass is 10.0. The second kappa shape index (κ2) is 9.39. The molecule has 0 unspecified atom stereocenters. The molecule has 0 bridgehead atoms. The van der Waals surface area contributed by atoms with Crippen molar-refractivity contribution in [1.82, 2.24) is 15.1 Å². The van der Waals surface area contributed by atoms with Crippen molar-refractivity contribution in [3.8, 4) is 0 Å². The Morgan fingerprint density at radius 1 is 1.38 bits per heavy atom. The number of aliphatic imine (C=N–C) groups is 1. The standard InChI is InChI=1S/C18H24BrN5/c1-14-7-3-4-8-15(14)17(9-10-20)23-18-16(19)13-22-24(18)12-6-5-11-21-2/h3-4,7-10,13,21H,5-6,11-12,20H2,1-2H3/b10-9+,23-17+. The maximum Gasteiger partial charge on any atom is 0.165 e. The summed E-state index contributed by atoms with van der Waals surface area (Å²) < 4.78 is 2.81. The molecule has 1 aromatic heterocycles. The Labute approximate surface area is 151 Å². The van der Waals surface area contributed by atoms with E-state index in [1.54, 1.807) is 6.20 Å². The molecule has 2 aromatic rings. The van der Waals surface area contributed by atoms with Gasteiger partial charge in [0.05, 0.1) is 16.4 Å². The molecule has 0 aliphatic heterocycles. The number of rotatable bonds is 8. The number of nitrogens with one attached hydrogen (secondary N) is 1. The quantitative estimate of drug-likeness (QED) is 0.535. The van der Waals surface area contributed by atoms with Gasteiger partial charge >= 0.3 is 0 Å². The van der Waals surface area contributed by atoms with E-state index in [-0.39, 0.29) is 0 Å². The van der Waals surface area contributed by atoms with Crippen molar-refractivity contribution in [3.63, 3.8) is 0 Å². The van der Waals surface area contributed by atoms with Gasteiger partial charge in [-0.2, -0.15) is 5.10 Å². The molecule has 1 aromatic carbocycles. The summed E-state index contributed by atoms with van der Waals surface area (Å²) in [6, 6.07) is 8.14. The highest BCUT2D eigenvalue weighted by Gasteiger charge is 2.10. The molecule has 0 aliphatic carbocycles. The molecule has 5 nitrogen and oxygen atoms in total. The summed E-state index contributed by atoms with van der Waals surface area (Å²) in [5, 5.41) is 7.59. The van der Waals surface area contributed by atoms with Gasteiger partial charge in [0, 0.05) is 12.1 Å². The molecule has 1 heterocycles. The van der Waals surface area contributed by atoms with Crippen molar-refractivity contribution in [3.05, 3.63) is 58.3 Å². The second-order valence-electron chi connectivity index (χ2n) is 5.52. The zero-order valence-electron chi connectivity index (χ0n) is 14.2. The predicted molar refractivity (Wildman–Crippen MR) is 104 cm³/mol. The van der Waals surface area contributed by atoms with Crippen LogP contribution in [-0.2, 0) is 6.54 Å². The van der Waals surface area contributed by atoms with Gasteiger partial charge in [0.15, 0.2) is 5.82 Å². The number of aryl methyl sites for hydroxylation is 2. The SMILES string of the molecule is CNCCCCn1ncc(Br)c1/N=C(\C=C\N)c1ccccc1C. The molecule has 0 fully saturated rings. The molecule has 0 aliphatic rings. The number of nitrogens with zero attached hydrogens (tertiary/aromatic N) is 3. The molecule has 0 saturated heterocycles. The first-order valence-corrected chi connectivity index (χ1v) is 8.85. The van der Waals surface area contributed by atoms with Crippen LogP contribution in [0.1, 0.15) is 24.0 Å². The molecule has 0 saturated carbocycles. The topological polar surface area (TPSA) is 68.2 Å². The van der Waals surface area contributed by atoms with Gasteiger partial charge < -0.3 is 11.1 Å². The number of hydrogen-bond acceptors (Lipinski definition) is 4. The van der Waals surface area contributed by atoms with Crippen LogP contribution in [0.15, 0.2) is 52.2 Å². The number of hydrogen-bond donors (Lipinski definition) is 2. The highest BCUT2D eigenvalue weighted by molar-refractivity contribution is 9.10. The lowest BCUT2D eigenvalue weighted by Crippen LogP contribution is -2.09. The van der Waals surface area contributed by atoms with Crippen molar-refractivity contribution in [1.29, 1.82) is 0 Å². The van der Waals surface area contributed by atoms with Crippen LogP contribution < -0.4 is 11.1 Å². The van der Waals surface area contributed by atoms with Crippen LogP contribution in [0, 0.1) is 6.92 Å². The third-order valence-corrected chi connectivity index (χ3v) is 4.28. The molecule has 6 heteroatoms. The van der Waals surface area contributed by atoms with Gasteiger partial charge in [-0.05, 0) is 67.1 Å². The lowest BCUT2D eigenvalue weighted by molar-refractivity contribution is 0.551. The van der Waals surface area contributed by atoms with Crippen LogP contribution in [0.5, 0.6) is 0 Å². The van der Waals surface area contributed by atoms with Crippen LogP contribution in [0.4, 0.5) is 5.82 Å². The van der Waals surface area contributed by atoms with Gasteiger partial charge in [-0.25, -0.2) is 9.67 Å². The van der Waals surface area contributed by atoms with Gasteiger partial charge in [-0.15, -0.1) is 0 Å². The summed E-state index contributed by atoms with van der Waals surface area (Å²) in [4.78, 5) is 4.83. The number of nitrogens with two attached hydrogens (primary N) is 1. The highest BCUT2D eigenvalue weighted by Crippen LogP contribution is 2.27. The average Bonchev–Trinajstić information content (AvgIpc) is 2.92. The molecule has 3 N–H and O–H groups in total. The summed E-state index contributed by atoms with van der Waals surface area (Å²) in [7, 11) is 1.97. The Hall–Kier alpha value is -1.92. The monoisotopic (exact) mass is 389 g/mol. The Morgan fingerprint density at radius 3 is 2.88 bits per heavy atom. The molecule has 2 rings (SSSR count). The van der Waals surface area contributed by atoms with E-state index < -0.39 is 0 Å². The minimum atomic E-state index is 0.816. The highest BCUT2D eigenvalue weighted by atomic mass is 79.9. The number of aromatic nitrogens is 2. The summed E-state index contributed by atoms with van der Waals surface area (Å²) in [6.07, 6.45) is 7.28. The third kappa shape index (κ3) is 4.79. The van der Waals surface area contributed by atoms with Gasteiger partial charge in [0.1, 0.15) is 0 Å². The van der Waals surface area contributed by atoms with Crippen LogP contribution in [0.25, 0.3) is 0 Å². The first kappa shape index (κ1) is 18.4.